The average Bonchev–Trinajstić information content (AvgIpc) is 3.28. The number of para-hydroxylation sites is 1. The monoisotopic (exact) mass is 325 g/mol. The van der Waals surface area contributed by atoms with Gasteiger partial charge in [0.25, 0.3) is 0 Å². The lowest BCUT2D eigenvalue weighted by atomic mass is 9.90. The van der Waals surface area contributed by atoms with Crippen molar-refractivity contribution in [2.24, 2.45) is 0 Å². The van der Waals surface area contributed by atoms with Crippen molar-refractivity contribution in [1.82, 2.24) is 35.1 Å². The van der Waals surface area contributed by atoms with Gasteiger partial charge in [0, 0.05) is 12.2 Å². The van der Waals surface area contributed by atoms with Crippen LogP contribution in [0, 0.1) is 0 Å². The zero-order valence-corrected chi connectivity index (χ0v) is 13.2. The first kappa shape index (κ1) is 15.0. The number of likely N-dealkylation sites (tertiary alicyclic amines) is 1. The highest BCUT2D eigenvalue weighted by molar-refractivity contribution is 5.32. The first-order chi connectivity index (χ1) is 11.7. The number of rotatable bonds is 4. The molecule has 0 spiro atoms. The van der Waals surface area contributed by atoms with Crippen molar-refractivity contribution >= 4 is 0 Å². The van der Waals surface area contributed by atoms with Crippen LogP contribution >= 0.6 is 0 Å². The third kappa shape index (κ3) is 2.81. The molecule has 2 aromatic heterocycles. The lowest BCUT2D eigenvalue weighted by Crippen LogP contribution is -2.46. The number of piperidine rings is 1. The third-order valence-corrected chi connectivity index (χ3v) is 4.46. The van der Waals surface area contributed by atoms with Crippen molar-refractivity contribution in [2.45, 2.75) is 25.0 Å². The second kappa shape index (κ2) is 6.14. The van der Waals surface area contributed by atoms with E-state index in [2.05, 4.69) is 30.5 Å². The molecule has 2 N–H and O–H groups in total. The van der Waals surface area contributed by atoms with Crippen LogP contribution in [0.2, 0.25) is 0 Å². The minimum absolute atomic E-state index is 0.501. The zero-order chi connectivity index (χ0) is 16.4. The molecule has 1 unspecified atom stereocenters. The van der Waals surface area contributed by atoms with Gasteiger partial charge in [-0.25, -0.2) is 0 Å². The molecule has 3 aromatic rings. The largest absolute Gasteiger partial charge is 0.382 e. The van der Waals surface area contributed by atoms with E-state index in [0.717, 1.165) is 24.5 Å². The van der Waals surface area contributed by atoms with Crippen LogP contribution in [0.5, 0.6) is 0 Å². The molecule has 8 heteroatoms. The molecule has 8 nitrogen and oxygen atoms in total. The quantitative estimate of drug-likeness (QED) is 0.739. The maximum atomic E-state index is 10.9. The average molecular weight is 325 g/mol. The molecule has 0 bridgehead atoms. The SMILES string of the molecule is OC1(c2cn[nH]n2)CCCN(Cc2nncn2-c2ccccc2)C1. The first-order valence-electron chi connectivity index (χ1n) is 8.00. The molecule has 1 aliphatic rings. The van der Waals surface area contributed by atoms with Gasteiger partial charge in [0.05, 0.1) is 12.7 Å². The van der Waals surface area contributed by atoms with Crippen LogP contribution in [-0.2, 0) is 12.1 Å². The van der Waals surface area contributed by atoms with Crippen LogP contribution in [0.3, 0.4) is 0 Å². The maximum Gasteiger partial charge on any atom is 0.151 e. The number of nitrogens with one attached hydrogen (secondary N) is 1. The van der Waals surface area contributed by atoms with E-state index in [1.807, 2.05) is 34.9 Å². The van der Waals surface area contributed by atoms with Crippen molar-refractivity contribution in [3.63, 3.8) is 0 Å². The first-order valence-corrected chi connectivity index (χ1v) is 8.00. The Kier molecular flexibility index (Phi) is 3.83. The van der Waals surface area contributed by atoms with Gasteiger partial charge in [0.1, 0.15) is 17.6 Å². The van der Waals surface area contributed by atoms with E-state index in [0.29, 0.717) is 25.2 Å². The fraction of sp³-hybridized carbons (Fsp3) is 0.375. The summed E-state index contributed by atoms with van der Waals surface area (Å²) < 4.78 is 1.98. The molecule has 3 heterocycles. The van der Waals surface area contributed by atoms with Gasteiger partial charge in [-0.3, -0.25) is 9.47 Å². The lowest BCUT2D eigenvalue weighted by molar-refractivity contribution is -0.0421. The molecule has 0 radical (unpaired) electrons. The van der Waals surface area contributed by atoms with Gasteiger partial charge < -0.3 is 5.11 Å². The van der Waals surface area contributed by atoms with Gasteiger partial charge in [-0.1, -0.05) is 18.2 Å². The summed E-state index contributed by atoms with van der Waals surface area (Å²) in [6.07, 6.45) is 4.89. The van der Waals surface area contributed by atoms with Gasteiger partial charge in [0.2, 0.25) is 0 Å². The second-order valence-electron chi connectivity index (χ2n) is 6.15. The highest BCUT2D eigenvalue weighted by atomic mass is 16.3. The fourth-order valence-electron chi connectivity index (χ4n) is 3.26. The van der Waals surface area contributed by atoms with Gasteiger partial charge in [0.15, 0.2) is 5.82 Å². The number of hydrogen-bond acceptors (Lipinski definition) is 6. The Morgan fingerprint density at radius 1 is 1.25 bits per heavy atom. The maximum absolute atomic E-state index is 10.9. The number of aromatic nitrogens is 6. The van der Waals surface area contributed by atoms with E-state index < -0.39 is 5.60 Å². The minimum Gasteiger partial charge on any atom is -0.382 e. The van der Waals surface area contributed by atoms with Crippen molar-refractivity contribution in [1.29, 1.82) is 0 Å². The van der Waals surface area contributed by atoms with Crippen molar-refractivity contribution < 1.29 is 5.11 Å². The Hall–Kier alpha value is -2.58. The van der Waals surface area contributed by atoms with E-state index in [1.165, 1.54) is 0 Å². The molecule has 0 saturated carbocycles. The standard InChI is InChI=1S/C16H19N7O/c24-16(14-9-17-21-19-14)7-4-8-22(11-16)10-15-20-18-12-23(15)13-5-2-1-3-6-13/h1-3,5-6,9,12,24H,4,7-8,10-11H2,(H,17,19,21). The van der Waals surface area contributed by atoms with Crippen molar-refractivity contribution in [2.75, 3.05) is 13.1 Å². The number of β-amino-alcohol motifs (C(OH)–C–C–N with tert-alkyl or cyclic N) is 1. The van der Waals surface area contributed by atoms with Crippen LogP contribution in [0.1, 0.15) is 24.4 Å². The molecular weight excluding hydrogens is 306 g/mol. The third-order valence-electron chi connectivity index (χ3n) is 4.46. The van der Waals surface area contributed by atoms with Crippen molar-refractivity contribution in [3.05, 3.63) is 54.4 Å². The highest BCUT2D eigenvalue weighted by Crippen LogP contribution is 2.30. The molecule has 0 aliphatic carbocycles. The Balaban J connectivity index is 1.53. The molecule has 0 amide bonds. The minimum atomic E-state index is -0.969. The van der Waals surface area contributed by atoms with Crippen LogP contribution in [0.25, 0.3) is 5.69 Å². The molecule has 4 rings (SSSR count). The summed E-state index contributed by atoms with van der Waals surface area (Å²) in [5, 5.41) is 29.7. The fourth-order valence-corrected chi connectivity index (χ4v) is 3.26. The molecule has 1 saturated heterocycles. The van der Waals surface area contributed by atoms with E-state index in [1.54, 1.807) is 12.5 Å². The number of aliphatic hydroxyl groups is 1. The number of aromatic amines is 1. The Morgan fingerprint density at radius 3 is 2.92 bits per heavy atom. The zero-order valence-electron chi connectivity index (χ0n) is 13.2. The van der Waals surface area contributed by atoms with Gasteiger partial charge in [-0.15, -0.1) is 10.2 Å². The Morgan fingerprint density at radius 2 is 2.12 bits per heavy atom. The number of H-pyrrole nitrogens is 1. The topological polar surface area (TPSA) is 95.8 Å². The van der Waals surface area contributed by atoms with Gasteiger partial charge in [-0.05, 0) is 31.5 Å². The van der Waals surface area contributed by atoms with Crippen LogP contribution < -0.4 is 0 Å². The summed E-state index contributed by atoms with van der Waals surface area (Å²) in [7, 11) is 0. The summed E-state index contributed by atoms with van der Waals surface area (Å²) in [4.78, 5) is 2.18. The molecule has 1 atom stereocenters. The lowest BCUT2D eigenvalue weighted by Gasteiger charge is -2.37. The van der Waals surface area contributed by atoms with Gasteiger partial charge in [-0.2, -0.15) is 15.4 Å². The number of benzene rings is 1. The molecular formula is C16H19N7O. The normalized spacial score (nSPS) is 21.9. The molecule has 24 heavy (non-hydrogen) atoms. The van der Waals surface area contributed by atoms with Gasteiger partial charge >= 0.3 is 0 Å². The van der Waals surface area contributed by atoms with E-state index in [9.17, 15) is 5.11 Å². The summed E-state index contributed by atoms with van der Waals surface area (Å²) in [5.41, 5.74) is 0.654. The second-order valence-corrected chi connectivity index (χ2v) is 6.15. The van der Waals surface area contributed by atoms with E-state index in [-0.39, 0.29) is 0 Å². The predicted molar refractivity (Wildman–Crippen MR) is 86.1 cm³/mol. The highest BCUT2D eigenvalue weighted by Gasteiger charge is 2.37. The predicted octanol–water partition coefficient (Wildman–Crippen LogP) is 0.869. The smallest absolute Gasteiger partial charge is 0.151 e. The van der Waals surface area contributed by atoms with E-state index >= 15 is 0 Å². The Labute approximate surface area is 139 Å². The van der Waals surface area contributed by atoms with Crippen LogP contribution in [0.15, 0.2) is 42.9 Å². The van der Waals surface area contributed by atoms with Crippen molar-refractivity contribution in [3.8, 4) is 5.69 Å². The molecule has 1 fully saturated rings. The number of hydrogen-bond donors (Lipinski definition) is 2. The Bertz CT molecular complexity index is 786. The molecule has 1 aromatic carbocycles. The summed E-state index contributed by atoms with van der Waals surface area (Å²) in [6, 6.07) is 10.0. The van der Waals surface area contributed by atoms with Crippen LogP contribution in [-0.4, -0.2) is 53.3 Å². The molecule has 1 aliphatic heterocycles. The van der Waals surface area contributed by atoms with E-state index in [4.69, 9.17) is 0 Å². The van der Waals surface area contributed by atoms with Crippen LogP contribution in [0.4, 0.5) is 0 Å². The number of nitrogens with zero attached hydrogens (tertiary/aromatic N) is 6. The summed E-state index contributed by atoms with van der Waals surface area (Å²) >= 11 is 0. The summed E-state index contributed by atoms with van der Waals surface area (Å²) in [6.45, 7) is 2.03. The summed E-state index contributed by atoms with van der Waals surface area (Å²) in [5.74, 6) is 0.852. The molecule has 124 valence electrons.